The number of fused-ring (bicyclic) bond motifs is 5. The summed E-state index contributed by atoms with van der Waals surface area (Å²) in [7, 11) is 0. The minimum absolute atomic E-state index is 0.0826. The Morgan fingerprint density at radius 1 is 1.09 bits per heavy atom. The SMILES string of the molecule is C[C@]12CC(C=O)=CC[C@H]1CC[C@@H]1[C@@H]2CC[C@]2(C)[C@H](O)CC[C@@H]12. The summed E-state index contributed by atoms with van der Waals surface area (Å²) in [5, 5.41) is 10.5. The highest BCUT2D eigenvalue weighted by Crippen LogP contribution is 2.65. The maximum atomic E-state index is 11.3. The van der Waals surface area contributed by atoms with Crippen LogP contribution in [-0.2, 0) is 4.79 Å². The van der Waals surface area contributed by atoms with Gasteiger partial charge < -0.3 is 5.11 Å². The molecule has 2 heteroatoms. The summed E-state index contributed by atoms with van der Waals surface area (Å²) in [5.74, 6) is 3.03. The van der Waals surface area contributed by atoms with Crippen molar-refractivity contribution in [1.82, 2.24) is 0 Å². The molecule has 4 rings (SSSR count). The van der Waals surface area contributed by atoms with Crippen LogP contribution in [0.3, 0.4) is 0 Å². The van der Waals surface area contributed by atoms with Crippen LogP contribution in [0.2, 0.25) is 0 Å². The molecule has 0 heterocycles. The first kappa shape index (κ1) is 14.9. The standard InChI is InChI=1S/C20H30O2/c1-19-10-9-17-15(16(19)7-8-18(19)22)6-5-14-4-3-13(12-21)11-20(14,17)2/h3,12,14-18,22H,4-11H2,1-2H3/t14-,15-,16-,17-,18+,19-,20-/m0/s1. The van der Waals surface area contributed by atoms with E-state index in [9.17, 15) is 9.90 Å². The van der Waals surface area contributed by atoms with E-state index in [1.807, 2.05) is 0 Å². The topological polar surface area (TPSA) is 37.3 Å². The number of allylic oxidation sites excluding steroid dienone is 2. The van der Waals surface area contributed by atoms with Gasteiger partial charge in [-0.25, -0.2) is 0 Å². The molecule has 122 valence electrons. The van der Waals surface area contributed by atoms with Crippen LogP contribution in [0.1, 0.15) is 65.2 Å². The number of carbonyl (C=O) groups is 1. The molecule has 3 fully saturated rings. The molecule has 0 unspecified atom stereocenters. The first-order valence-electron chi connectivity index (χ1n) is 9.31. The lowest BCUT2D eigenvalue weighted by molar-refractivity contribution is -0.115. The summed E-state index contributed by atoms with van der Waals surface area (Å²) in [5.41, 5.74) is 1.53. The summed E-state index contributed by atoms with van der Waals surface area (Å²) >= 11 is 0. The van der Waals surface area contributed by atoms with Crippen molar-refractivity contribution in [2.75, 3.05) is 0 Å². The zero-order valence-corrected chi connectivity index (χ0v) is 14.1. The fourth-order valence-corrected chi connectivity index (χ4v) is 7.07. The van der Waals surface area contributed by atoms with Crippen molar-refractivity contribution in [1.29, 1.82) is 0 Å². The third-order valence-electron chi connectivity index (χ3n) is 8.42. The zero-order chi connectivity index (χ0) is 15.5. The van der Waals surface area contributed by atoms with E-state index >= 15 is 0 Å². The number of rotatable bonds is 1. The van der Waals surface area contributed by atoms with Gasteiger partial charge in [-0.2, -0.15) is 0 Å². The Labute approximate surface area is 134 Å². The highest BCUT2D eigenvalue weighted by Gasteiger charge is 2.59. The molecule has 1 N–H and O–H groups in total. The van der Waals surface area contributed by atoms with Crippen LogP contribution in [-0.4, -0.2) is 17.5 Å². The van der Waals surface area contributed by atoms with Crippen LogP contribution in [0.25, 0.3) is 0 Å². The van der Waals surface area contributed by atoms with Crippen molar-refractivity contribution in [2.45, 2.75) is 71.3 Å². The van der Waals surface area contributed by atoms with E-state index in [1.54, 1.807) is 0 Å². The molecule has 0 radical (unpaired) electrons. The predicted octanol–water partition coefficient (Wildman–Crippen LogP) is 4.13. The van der Waals surface area contributed by atoms with Gasteiger partial charge in [-0.15, -0.1) is 0 Å². The third kappa shape index (κ3) is 1.85. The monoisotopic (exact) mass is 302 g/mol. The Bertz CT molecular complexity index is 510. The lowest BCUT2D eigenvalue weighted by Gasteiger charge is -2.59. The molecule has 0 aliphatic heterocycles. The molecule has 22 heavy (non-hydrogen) atoms. The summed E-state index contributed by atoms with van der Waals surface area (Å²) in [6, 6.07) is 0. The van der Waals surface area contributed by atoms with Crippen molar-refractivity contribution >= 4 is 6.29 Å². The van der Waals surface area contributed by atoms with Gasteiger partial charge in [0.05, 0.1) is 6.10 Å². The van der Waals surface area contributed by atoms with E-state index in [4.69, 9.17) is 0 Å². The summed E-state index contributed by atoms with van der Waals surface area (Å²) in [6.45, 7) is 4.82. The summed E-state index contributed by atoms with van der Waals surface area (Å²) in [6.07, 6.45) is 12.7. The molecule has 0 spiro atoms. The fourth-order valence-electron chi connectivity index (χ4n) is 7.07. The number of carbonyl (C=O) groups excluding carboxylic acids is 1. The predicted molar refractivity (Wildman–Crippen MR) is 87.3 cm³/mol. The van der Waals surface area contributed by atoms with Gasteiger partial charge in [0, 0.05) is 0 Å². The van der Waals surface area contributed by atoms with Crippen LogP contribution in [0.4, 0.5) is 0 Å². The molecular weight excluding hydrogens is 272 g/mol. The molecule has 0 bridgehead atoms. The lowest BCUT2D eigenvalue weighted by Crippen LogP contribution is -2.53. The number of hydrogen-bond donors (Lipinski definition) is 1. The minimum Gasteiger partial charge on any atom is -0.393 e. The van der Waals surface area contributed by atoms with Gasteiger partial charge in [0.25, 0.3) is 0 Å². The molecule has 2 nitrogen and oxygen atoms in total. The van der Waals surface area contributed by atoms with Crippen molar-refractivity contribution < 1.29 is 9.90 Å². The van der Waals surface area contributed by atoms with Gasteiger partial charge in [0.2, 0.25) is 0 Å². The number of aldehydes is 1. The summed E-state index contributed by atoms with van der Waals surface area (Å²) < 4.78 is 0. The maximum Gasteiger partial charge on any atom is 0.145 e. The molecule has 4 aliphatic rings. The largest absolute Gasteiger partial charge is 0.393 e. The molecule has 0 aromatic carbocycles. The van der Waals surface area contributed by atoms with Crippen molar-refractivity contribution in [3.05, 3.63) is 11.6 Å². The van der Waals surface area contributed by atoms with Crippen molar-refractivity contribution in [3.8, 4) is 0 Å². The van der Waals surface area contributed by atoms with Crippen molar-refractivity contribution in [3.63, 3.8) is 0 Å². The number of hydrogen-bond acceptors (Lipinski definition) is 2. The van der Waals surface area contributed by atoms with Gasteiger partial charge in [-0.05, 0) is 91.4 Å². The Hall–Kier alpha value is -0.630. The van der Waals surface area contributed by atoms with Gasteiger partial charge in [-0.1, -0.05) is 19.9 Å². The van der Waals surface area contributed by atoms with Crippen LogP contribution >= 0.6 is 0 Å². The van der Waals surface area contributed by atoms with Crippen LogP contribution in [0.15, 0.2) is 11.6 Å². The zero-order valence-electron chi connectivity index (χ0n) is 14.1. The average Bonchev–Trinajstić information content (AvgIpc) is 2.81. The Balaban J connectivity index is 1.66. The van der Waals surface area contributed by atoms with E-state index < -0.39 is 0 Å². The smallest absolute Gasteiger partial charge is 0.145 e. The molecule has 0 amide bonds. The van der Waals surface area contributed by atoms with Gasteiger partial charge in [0.1, 0.15) is 6.29 Å². The van der Waals surface area contributed by atoms with Crippen LogP contribution in [0, 0.1) is 34.5 Å². The van der Waals surface area contributed by atoms with Gasteiger partial charge >= 0.3 is 0 Å². The molecule has 4 aliphatic carbocycles. The highest BCUT2D eigenvalue weighted by molar-refractivity contribution is 5.73. The summed E-state index contributed by atoms with van der Waals surface area (Å²) in [4.78, 5) is 11.3. The van der Waals surface area contributed by atoms with E-state index in [-0.39, 0.29) is 11.5 Å². The molecule has 0 aromatic heterocycles. The molecule has 7 atom stereocenters. The van der Waals surface area contributed by atoms with E-state index in [0.29, 0.717) is 11.3 Å². The molecular formula is C20H30O2. The first-order chi connectivity index (χ1) is 10.5. The van der Waals surface area contributed by atoms with Crippen molar-refractivity contribution in [2.24, 2.45) is 34.5 Å². The number of aliphatic hydroxyl groups is 1. The van der Waals surface area contributed by atoms with Gasteiger partial charge in [-0.3, -0.25) is 4.79 Å². The van der Waals surface area contributed by atoms with Crippen LogP contribution in [0.5, 0.6) is 0 Å². The molecule has 0 saturated heterocycles. The highest BCUT2D eigenvalue weighted by atomic mass is 16.3. The third-order valence-corrected chi connectivity index (χ3v) is 8.42. The maximum absolute atomic E-state index is 11.3. The Kier molecular flexibility index (Phi) is 3.35. The number of aliphatic hydroxyl groups excluding tert-OH is 1. The quantitative estimate of drug-likeness (QED) is 0.740. The second-order valence-electron chi connectivity index (χ2n) is 9.10. The van der Waals surface area contributed by atoms with E-state index in [0.717, 1.165) is 48.9 Å². The Morgan fingerprint density at radius 2 is 1.86 bits per heavy atom. The van der Waals surface area contributed by atoms with E-state index in [2.05, 4.69) is 19.9 Å². The molecule has 3 saturated carbocycles. The average molecular weight is 302 g/mol. The fraction of sp³-hybridized carbons (Fsp3) is 0.850. The second-order valence-corrected chi connectivity index (χ2v) is 9.10. The molecule has 0 aromatic rings. The first-order valence-corrected chi connectivity index (χ1v) is 9.31. The van der Waals surface area contributed by atoms with Gasteiger partial charge in [0.15, 0.2) is 0 Å². The van der Waals surface area contributed by atoms with Crippen LogP contribution < -0.4 is 0 Å². The minimum atomic E-state index is -0.0826. The van der Waals surface area contributed by atoms with E-state index in [1.165, 1.54) is 32.1 Å². The second kappa shape index (κ2) is 4.93. The normalized spacial score (nSPS) is 54.0. The lowest BCUT2D eigenvalue weighted by atomic mass is 9.45. The Morgan fingerprint density at radius 3 is 2.64 bits per heavy atom.